The van der Waals surface area contributed by atoms with Crippen LogP contribution in [-0.4, -0.2) is 51.9 Å². The quantitative estimate of drug-likeness (QED) is 0.601. The van der Waals surface area contributed by atoms with Crippen LogP contribution in [0.15, 0.2) is 24.3 Å². The van der Waals surface area contributed by atoms with Gasteiger partial charge in [-0.05, 0) is 31.2 Å². The second-order valence-electron chi connectivity index (χ2n) is 5.24. The van der Waals surface area contributed by atoms with Crippen LogP contribution in [0.1, 0.15) is 17.5 Å². The molecule has 0 saturated carbocycles. The van der Waals surface area contributed by atoms with Gasteiger partial charge >= 0.3 is 0 Å². The second kappa shape index (κ2) is 11.7. The number of rotatable bonds is 12. The van der Waals surface area contributed by atoms with Crippen LogP contribution < -0.4 is 0 Å². The summed E-state index contributed by atoms with van der Waals surface area (Å²) in [7, 11) is 1.66. The molecular weight excluding hydrogens is 268 g/mol. The van der Waals surface area contributed by atoms with E-state index in [1.165, 1.54) is 11.1 Å². The largest absolute Gasteiger partial charge is 0.396 e. The Morgan fingerprint density at radius 3 is 2.19 bits per heavy atom. The van der Waals surface area contributed by atoms with Gasteiger partial charge in [-0.3, -0.25) is 0 Å². The third-order valence-corrected chi connectivity index (χ3v) is 3.38. The van der Waals surface area contributed by atoms with Crippen molar-refractivity contribution < 1.29 is 19.3 Å². The van der Waals surface area contributed by atoms with Crippen LogP contribution in [0.4, 0.5) is 0 Å². The molecule has 0 fully saturated rings. The molecule has 0 aliphatic carbocycles. The SMILES string of the molecule is COCCOCCOCCC(CO)Cc1ccc(C)cc1. The molecule has 0 aromatic heterocycles. The van der Waals surface area contributed by atoms with E-state index in [-0.39, 0.29) is 12.5 Å². The zero-order valence-corrected chi connectivity index (χ0v) is 13.2. The molecule has 1 rings (SSSR count). The predicted molar refractivity (Wildman–Crippen MR) is 83.6 cm³/mol. The van der Waals surface area contributed by atoms with Gasteiger partial charge in [0.25, 0.3) is 0 Å². The Labute approximate surface area is 128 Å². The lowest BCUT2D eigenvalue weighted by atomic mass is 9.97. The average Bonchev–Trinajstić information content (AvgIpc) is 2.50. The molecule has 0 saturated heterocycles. The zero-order valence-electron chi connectivity index (χ0n) is 13.2. The number of aliphatic hydroxyl groups excluding tert-OH is 1. The first-order valence-electron chi connectivity index (χ1n) is 7.57. The lowest BCUT2D eigenvalue weighted by molar-refractivity contribution is 0.0201. The lowest BCUT2D eigenvalue weighted by Crippen LogP contribution is -2.14. The number of ether oxygens (including phenoxy) is 3. The van der Waals surface area contributed by atoms with Gasteiger partial charge in [0.15, 0.2) is 0 Å². The van der Waals surface area contributed by atoms with Gasteiger partial charge in [-0.15, -0.1) is 0 Å². The normalized spacial score (nSPS) is 12.5. The van der Waals surface area contributed by atoms with E-state index in [9.17, 15) is 5.11 Å². The monoisotopic (exact) mass is 296 g/mol. The van der Waals surface area contributed by atoms with E-state index in [1.54, 1.807) is 7.11 Å². The molecule has 1 N–H and O–H groups in total. The Kier molecular flexibility index (Phi) is 10.1. The standard InChI is InChI=1S/C17H28O4/c1-15-3-5-16(6-4-15)13-17(14-18)7-8-20-11-12-21-10-9-19-2/h3-6,17-18H,7-14H2,1-2H3. The molecule has 0 amide bonds. The molecule has 0 aliphatic rings. The number of hydrogen-bond donors (Lipinski definition) is 1. The molecule has 1 aromatic rings. The summed E-state index contributed by atoms with van der Waals surface area (Å²) in [5.74, 6) is 0.252. The van der Waals surface area contributed by atoms with Crippen molar-refractivity contribution in [2.45, 2.75) is 19.8 Å². The molecule has 1 atom stereocenters. The highest BCUT2D eigenvalue weighted by atomic mass is 16.5. The van der Waals surface area contributed by atoms with Gasteiger partial charge in [0.2, 0.25) is 0 Å². The summed E-state index contributed by atoms with van der Waals surface area (Å²) in [5.41, 5.74) is 2.53. The van der Waals surface area contributed by atoms with Crippen LogP contribution in [0.3, 0.4) is 0 Å². The van der Waals surface area contributed by atoms with Crippen LogP contribution in [-0.2, 0) is 20.6 Å². The van der Waals surface area contributed by atoms with Gasteiger partial charge in [-0.1, -0.05) is 29.8 Å². The Bertz CT molecular complexity index is 350. The van der Waals surface area contributed by atoms with Gasteiger partial charge in [0.1, 0.15) is 0 Å². The van der Waals surface area contributed by atoms with E-state index >= 15 is 0 Å². The summed E-state index contributed by atoms with van der Waals surface area (Å²) in [6.07, 6.45) is 1.76. The average molecular weight is 296 g/mol. The molecule has 21 heavy (non-hydrogen) atoms. The Hall–Kier alpha value is -0.940. The van der Waals surface area contributed by atoms with Crippen LogP contribution in [0.25, 0.3) is 0 Å². The minimum Gasteiger partial charge on any atom is -0.396 e. The molecular formula is C17H28O4. The van der Waals surface area contributed by atoms with Gasteiger partial charge in [-0.25, -0.2) is 0 Å². The van der Waals surface area contributed by atoms with E-state index in [0.29, 0.717) is 33.0 Å². The van der Waals surface area contributed by atoms with Crippen LogP contribution in [0, 0.1) is 12.8 Å². The van der Waals surface area contributed by atoms with E-state index in [0.717, 1.165) is 12.8 Å². The van der Waals surface area contributed by atoms with E-state index in [4.69, 9.17) is 14.2 Å². The van der Waals surface area contributed by atoms with Crippen molar-refractivity contribution >= 4 is 0 Å². The summed E-state index contributed by atoms with van der Waals surface area (Å²) >= 11 is 0. The van der Waals surface area contributed by atoms with E-state index < -0.39 is 0 Å². The number of benzene rings is 1. The zero-order chi connectivity index (χ0) is 15.3. The molecule has 1 aromatic carbocycles. The van der Waals surface area contributed by atoms with Crippen LogP contribution >= 0.6 is 0 Å². The van der Waals surface area contributed by atoms with Crippen molar-refractivity contribution in [1.29, 1.82) is 0 Å². The smallest absolute Gasteiger partial charge is 0.0701 e. The van der Waals surface area contributed by atoms with Gasteiger partial charge in [-0.2, -0.15) is 0 Å². The van der Waals surface area contributed by atoms with Gasteiger partial charge in [0.05, 0.1) is 26.4 Å². The number of hydrogen-bond acceptors (Lipinski definition) is 4. The molecule has 0 bridgehead atoms. The number of methoxy groups -OCH3 is 1. The van der Waals surface area contributed by atoms with Crippen molar-refractivity contribution in [3.63, 3.8) is 0 Å². The first kappa shape index (κ1) is 18.1. The molecule has 0 heterocycles. The minimum absolute atomic E-state index is 0.196. The second-order valence-corrected chi connectivity index (χ2v) is 5.24. The number of aliphatic hydroxyl groups is 1. The summed E-state index contributed by atoms with van der Waals surface area (Å²) in [6, 6.07) is 8.47. The van der Waals surface area contributed by atoms with Crippen molar-refractivity contribution in [1.82, 2.24) is 0 Å². The highest BCUT2D eigenvalue weighted by molar-refractivity contribution is 5.21. The molecule has 0 radical (unpaired) electrons. The molecule has 4 nitrogen and oxygen atoms in total. The maximum absolute atomic E-state index is 9.45. The van der Waals surface area contributed by atoms with Crippen molar-refractivity contribution in [3.8, 4) is 0 Å². The molecule has 4 heteroatoms. The highest BCUT2D eigenvalue weighted by Gasteiger charge is 2.08. The molecule has 0 aliphatic heterocycles. The molecule has 1 unspecified atom stereocenters. The van der Waals surface area contributed by atoms with Crippen molar-refractivity contribution in [3.05, 3.63) is 35.4 Å². The van der Waals surface area contributed by atoms with Gasteiger partial charge in [0, 0.05) is 20.3 Å². The minimum atomic E-state index is 0.196. The fourth-order valence-electron chi connectivity index (χ4n) is 2.03. The van der Waals surface area contributed by atoms with Crippen LogP contribution in [0.2, 0.25) is 0 Å². The summed E-state index contributed by atoms with van der Waals surface area (Å²) in [4.78, 5) is 0. The first-order chi connectivity index (χ1) is 10.3. The van der Waals surface area contributed by atoms with Crippen LogP contribution in [0.5, 0.6) is 0 Å². The molecule has 0 spiro atoms. The molecule has 120 valence electrons. The predicted octanol–water partition coefficient (Wildman–Crippen LogP) is 2.22. The summed E-state index contributed by atoms with van der Waals surface area (Å²) in [6.45, 7) is 5.33. The summed E-state index contributed by atoms with van der Waals surface area (Å²) in [5, 5.41) is 9.45. The fraction of sp³-hybridized carbons (Fsp3) is 0.647. The third-order valence-electron chi connectivity index (χ3n) is 3.38. The lowest BCUT2D eigenvalue weighted by Gasteiger charge is -2.14. The topological polar surface area (TPSA) is 47.9 Å². The maximum atomic E-state index is 9.45. The number of aryl methyl sites for hydroxylation is 1. The van der Waals surface area contributed by atoms with E-state index in [1.807, 2.05) is 0 Å². The van der Waals surface area contributed by atoms with Gasteiger partial charge < -0.3 is 19.3 Å². The summed E-state index contributed by atoms with van der Waals surface area (Å²) < 4.78 is 15.7. The first-order valence-corrected chi connectivity index (χ1v) is 7.57. The van der Waals surface area contributed by atoms with Crippen molar-refractivity contribution in [2.75, 3.05) is 46.8 Å². The highest BCUT2D eigenvalue weighted by Crippen LogP contribution is 2.13. The van der Waals surface area contributed by atoms with Crippen molar-refractivity contribution in [2.24, 2.45) is 5.92 Å². The van der Waals surface area contributed by atoms with E-state index in [2.05, 4.69) is 31.2 Å². The Morgan fingerprint density at radius 1 is 0.952 bits per heavy atom. The Morgan fingerprint density at radius 2 is 1.57 bits per heavy atom. The Balaban J connectivity index is 2.09. The maximum Gasteiger partial charge on any atom is 0.0701 e. The fourth-order valence-corrected chi connectivity index (χ4v) is 2.03. The third kappa shape index (κ3) is 8.83.